The first-order chi connectivity index (χ1) is 8.84. The highest BCUT2D eigenvalue weighted by molar-refractivity contribution is 6.30. The van der Waals surface area contributed by atoms with Gasteiger partial charge < -0.3 is 0 Å². The standard InChI is InChI=1S/C14H22ClN3O/c1-10-11(13(15)17(4)16-10)9-12(19)14(2,3)18-7-5-6-8-18/h5-9H2,1-4H3. The molecule has 1 saturated heterocycles. The van der Waals surface area contributed by atoms with E-state index in [0.29, 0.717) is 11.6 Å². The topological polar surface area (TPSA) is 38.1 Å². The van der Waals surface area contributed by atoms with Crippen LogP contribution in [0, 0.1) is 6.92 Å². The maximum Gasteiger partial charge on any atom is 0.157 e. The molecular formula is C14H22ClN3O. The Morgan fingerprint density at radius 2 is 1.95 bits per heavy atom. The van der Waals surface area contributed by atoms with Gasteiger partial charge in [-0.2, -0.15) is 5.10 Å². The van der Waals surface area contributed by atoms with Crippen molar-refractivity contribution in [1.29, 1.82) is 0 Å². The molecule has 106 valence electrons. The lowest BCUT2D eigenvalue weighted by molar-refractivity contribution is -0.128. The quantitative estimate of drug-likeness (QED) is 0.851. The Morgan fingerprint density at radius 3 is 2.42 bits per heavy atom. The average Bonchev–Trinajstić information content (AvgIpc) is 2.94. The molecule has 0 saturated carbocycles. The van der Waals surface area contributed by atoms with E-state index in [1.165, 1.54) is 12.8 Å². The summed E-state index contributed by atoms with van der Waals surface area (Å²) in [5, 5.41) is 4.83. The third kappa shape index (κ3) is 2.70. The van der Waals surface area contributed by atoms with Gasteiger partial charge in [0, 0.05) is 19.0 Å². The van der Waals surface area contributed by atoms with Crippen LogP contribution in [0.5, 0.6) is 0 Å². The number of carbonyl (C=O) groups excluding carboxylic acids is 1. The average molecular weight is 284 g/mol. The third-order valence-corrected chi connectivity index (χ3v) is 4.66. The molecule has 1 aliphatic rings. The number of nitrogens with zero attached hydrogens (tertiary/aromatic N) is 3. The second-order valence-electron chi connectivity index (χ2n) is 5.83. The fraction of sp³-hybridized carbons (Fsp3) is 0.714. The minimum Gasteiger partial charge on any atom is -0.297 e. The second-order valence-corrected chi connectivity index (χ2v) is 6.19. The van der Waals surface area contributed by atoms with Crippen molar-refractivity contribution in [2.75, 3.05) is 13.1 Å². The van der Waals surface area contributed by atoms with E-state index in [1.54, 1.807) is 11.7 Å². The first-order valence-electron chi connectivity index (χ1n) is 6.80. The minimum atomic E-state index is -0.415. The molecule has 1 aromatic heterocycles. The van der Waals surface area contributed by atoms with Gasteiger partial charge in [-0.05, 0) is 46.7 Å². The Labute approximate surface area is 119 Å². The summed E-state index contributed by atoms with van der Waals surface area (Å²) in [5.74, 6) is 0.215. The van der Waals surface area contributed by atoms with E-state index in [2.05, 4.69) is 10.00 Å². The van der Waals surface area contributed by atoms with Gasteiger partial charge in [-0.1, -0.05) is 11.6 Å². The van der Waals surface area contributed by atoms with Gasteiger partial charge in [-0.15, -0.1) is 0 Å². The Morgan fingerprint density at radius 1 is 1.37 bits per heavy atom. The number of ketones is 1. The summed E-state index contributed by atoms with van der Waals surface area (Å²) in [6.07, 6.45) is 2.73. The van der Waals surface area contributed by atoms with Gasteiger partial charge in [-0.3, -0.25) is 14.4 Å². The summed E-state index contributed by atoms with van der Waals surface area (Å²) in [4.78, 5) is 14.9. The third-order valence-electron chi connectivity index (χ3n) is 4.19. The lowest BCUT2D eigenvalue weighted by Crippen LogP contribution is -2.49. The molecule has 5 heteroatoms. The SMILES string of the molecule is Cc1nn(C)c(Cl)c1CC(=O)C(C)(C)N1CCCC1. The summed E-state index contributed by atoms with van der Waals surface area (Å²) < 4.78 is 1.63. The van der Waals surface area contributed by atoms with Crippen LogP contribution in [0.3, 0.4) is 0 Å². The number of rotatable bonds is 4. The van der Waals surface area contributed by atoms with E-state index in [1.807, 2.05) is 20.8 Å². The normalized spacial score (nSPS) is 17.1. The number of Topliss-reactive ketones (excluding diaryl/α,β-unsaturated/α-hetero) is 1. The Bertz CT molecular complexity index is 487. The molecule has 0 aliphatic carbocycles. The lowest BCUT2D eigenvalue weighted by Gasteiger charge is -2.33. The molecule has 1 fully saturated rings. The Kier molecular flexibility index (Phi) is 4.02. The molecule has 0 bridgehead atoms. The zero-order chi connectivity index (χ0) is 14.2. The first-order valence-corrected chi connectivity index (χ1v) is 7.18. The fourth-order valence-corrected chi connectivity index (χ4v) is 2.95. The zero-order valence-electron chi connectivity index (χ0n) is 12.2. The van der Waals surface area contributed by atoms with Gasteiger partial charge in [0.15, 0.2) is 5.78 Å². The number of carbonyl (C=O) groups is 1. The van der Waals surface area contributed by atoms with Crippen molar-refractivity contribution >= 4 is 17.4 Å². The molecule has 0 amide bonds. The molecule has 0 spiro atoms. The minimum absolute atomic E-state index is 0.215. The predicted molar refractivity (Wildman–Crippen MR) is 76.6 cm³/mol. The monoisotopic (exact) mass is 283 g/mol. The number of aromatic nitrogens is 2. The summed E-state index contributed by atoms with van der Waals surface area (Å²) in [5.41, 5.74) is 1.29. The molecule has 1 aliphatic heterocycles. The molecule has 4 nitrogen and oxygen atoms in total. The second kappa shape index (κ2) is 5.25. The van der Waals surface area contributed by atoms with Crippen molar-refractivity contribution in [1.82, 2.24) is 14.7 Å². The molecule has 0 atom stereocenters. The summed E-state index contributed by atoms with van der Waals surface area (Å²) >= 11 is 6.20. The molecule has 2 rings (SSSR count). The Hall–Kier alpha value is -0.870. The van der Waals surface area contributed by atoms with Gasteiger partial charge in [0.25, 0.3) is 0 Å². The molecule has 0 N–H and O–H groups in total. The fourth-order valence-electron chi connectivity index (χ4n) is 2.70. The number of hydrogen-bond donors (Lipinski definition) is 0. The maximum absolute atomic E-state index is 12.6. The van der Waals surface area contributed by atoms with E-state index in [9.17, 15) is 4.79 Å². The maximum atomic E-state index is 12.6. The van der Waals surface area contributed by atoms with E-state index in [0.717, 1.165) is 24.3 Å². The number of aryl methyl sites for hydroxylation is 2. The summed E-state index contributed by atoms with van der Waals surface area (Å²) in [6, 6.07) is 0. The van der Waals surface area contributed by atoms with E-state index in [-0.39, 0.29) is 5.78 Å². The number of hydrogen-bond acceptors (Lipinski definition) is 3. The van der Waals surface area contributed by atoms with Gasteiger partial charge in [0.05, 0.1) is 11.2 Å². The molecular weight excluding hydrogens is 262 g/mol. The van der Waals surface area contributed by atoms with Crippen LogP contribution in [0.1, 0.15) is 37.9 Å². The van der Waals surface area contributed by atoms with Gasteiger partial charge in [-0.25, -0.2) is 0 Å². The predicted octanol–water partition coefficient (Wildman–Crippen LogP) is 2.37. The molecule has 1 aromatic rings. The highest BCUT2D eigenvalue weighted by atomic mass is 35.5. The van der Waals surface area contributed by atoms with E-state index >= 15 is 0 Å². The Balaban J connectivity index is 2.16. The number of likely N-dealkylation sites (tertiary alicyclic amines) is 1. The summed E-state index contributed by atoms with van der Waals surface area (Å²) in [6.45, 7) is 7.95. The van der Waals surface area contributed by atoms with Crippen molar-refractivity contribution < 1.29 is 4.79 Å². The van der Waals surface area contributed by atoms with Crippen LogP contribution in [-0.2, 0) is 18.3 Å². The van der Waals surface area contributed by atoms with Crippen molar-refractivity contribution in [3.8, 4) is 0 Å². The molecule has 0 aromatic carbocycles. The van der Waals surface area contributed by atoms with Crippen molar-refractivity contribution in [3.63, 3.8) is 0 Å². The van der Waals surface area contributed by atoms with Crippen LogP contribution >= 0.6 is 11.6 Å². The van der Waals surface area contributed by atoms with Gasteiger partial charge in [0.2, 0.25) is 0 Å². The molecule has 19 heavy (non-hydrogen) atoms. The van der Waals surface area contributed by atoms with Crippen LogP contribution in [0.15, 0.2) is 0 Å². The van der Waals surface area contributed by atoms with Crippen LogP contribution in [0.4, 0.5) is 0 Å². The van der Waals surface area contributed by atoms with Gasteiger partial charge in [0.1, 0.15) is 5.15 Å². The van der Waals surface area contributed by atoms with Crippen molar-refractivity contribution in [3.05, 3.63) is 16.4 Å². The molecule has 2 heterocycles. The summed E-state index contributed by atoms with van der Waals surface area (Å²) in [7, 11) is 1.80. The molecule has 0 unspecified atom stereocenters. The largest absolute Gasteiger partial charge is 0.297 e. The zero-order valence-corrected chi connectivity index (χ0v) is 12.9. The van der Waals surface area contributed by atoms with E-state index < -0.39 is 5.54 Å². The van der Waals surface area contributed by atoms with Crippen molar-refractivity contribution in [2.45, 2.75) is 45.6 Å². The lowest BCUT2D eigenvalue weighted by atomic mass is 9.92. The molecule has 0 radical (unpaired) electrons. The number of halogens is 1. The van der Waals surface area contributed by atoms with Crippen LogP contribution in [0.2, 0.25) is 5.15 Å². The van der Waals surface area contributed by atoms with Crippen LogP contribution in [-0.4, -0.2) is 39.1 Å². The highest BCUT2D eigenvalue weighted by Gasteiger charge is 2.36. The van der Waals surface area contributed by atoms with E-state index in [4.69, 9.17) is 11.6 Å². The van der Waals surface area contributed by atoms with Gasteiger partial charge >= 0.3 is 0 Å². The highest BCUT2D eigenvalue weighted by Crippen LogP contribution is 2.26. The van der Waals surface area contributed by atoms with Crippen LogP contribution < -0.4 is 0 Å². The smallest absolute Gasteiger partial charge is 0.157 e. The van der Waals surface area contributed by atoms with Crippen LogP contribution in [0.25, 0.3) is 0 Å². The van der Waals surface area contributed by atoms with Crippen molar-refractivity contribution in [2.24, 2.45) is 7.05 Å². The first kappa shape index (κ1) is 14.5.